The van der Waals surface area contributed by atoms with Crippen LogP contribution in [0.15, 0.2) is 11.1 Å². The van der Waals surface area contributed by atoms with Crippen molar-refractivity contribution >= 4 is 48.3 Å². The first-order valence-corrected chi connectivity index (χ1v) is 11.6. The summed E-state index contributed by atoms with van der Waals surface area (Å²) in [7, 11) is 0.492. The van der Waals surface area contributed by atoms with Gasteiger partial charge in [-0.25, -0.2) is 0 Å². The van der Waals surface area contributed by atoms with Crippen LogP contribution >= 0.6 is 23.8 Å². The Morgan fingerprint density at radius 1 is 1.54 bits per heavy atom. The molecular weight excluding hydrogens is 454 g/mol. The number of anilines is 1. The van der Waals surface area contributed by atoms with Gasteiger partial charge in [-0.3, -0.25) is 0 Å². The van der Waals surface area contributed by atoms with Crippen LogP contribution in [0.25, 0.3) is 11.2 Å². The Labute approximate surface area is 170 Å². The molecule has 2 aliphatic heterocycles. The number of rotatable bonds is 5. The molecule has 2 aromatic rings. The molecule has 0 radical (unpaired) electrons. The van der Waals surface area contributed by atoms with Crippen LogP contribution in [0.4, 0.5) is 5.82 Å². The molecule has 0 saturated carbocycles. The van der Waals surface area contributed by atoms with Gasteiger partial charge < -0.3 is 0 Å². The van der Waals surface area contributed by atoms with E-state index < -0.39 is 26.3 Å². The van der Waals surface area contributed by atoms with Gasteiger partial charge in [-0.05, 0) is 0 Å². The van der Waals surface area contributed by atoms with Crippen LogP contribution in [0.3, 0.4) is 0 Å². The molecule has 0 aromatic carbocycles. The fourth-order valence-corrected chi connectivity index (χ4v) is 5.93. The summed E-state index contributed by atoms with van der Waals surface area (Å²) in [4.78, 5) is 12.7. The molecule has 14 heteroatoms. The first kappa shape index (κ1) is 19.9. The van der Waals surface area contributed by atoms with Crippen LogP contribution < -0.4 is 5.73 Å². The Bertz CT molecular complexity index is 929. The predicted molar refractivity (Wildman–Crippen MR) is 106 cm³/mol. The maximum atomic E-state index is 8.71. The van der Waals surface area contributed by atoms with Crippen LogP contribution in [0.1, 0.15) is 12.6 Å². The van der Waals surface area contributed by atoms with Gasteiger partial charge in [-0.15, -0.1) is 0 Å². The normalized spacial score (nSPS) is 30.0. The Morgan fingerprint density at radius 3 is 3.11 bits per heavy atom. The molecule has 2 saturated heterocycles. The number of nitriles is 1. The van der Waals surface area contributed by atoms with Crippen molar-refractivity contribution in [3.05, 3.63) is 11.1 Å². The number of nitrogens with zero attached hydrogens (tertiary/aromatic N) is 5. The summed E-state index contributed by atoms with van der Waals surface area (Å²) >= 11 is 3.45. The van der Waals surface area contributed by atoms with Gasteiger partial charge in [0.1, 0.15) is 0 Å². The fourth-order valence-electron chi connectivity index (χ4n) is 3.44. The second kappa shape index (κ2) is 7.80. The first-order chi connectivity index (χ1) is 13.5. The van der Waals surface area contributed by atoms with E-state index in [0.717, 1.165) is 0 Å². The summed E-state index contributed by atoms with van der Waals surface area (Å²) in [6.07, 6.45) is -0.119. The van der Waals surface area contributed by atoms with Crippen LogP contribution in [0.2, 0.25) is 0 Å². The minimum absolute atomic E-state index is 0.256. The molecule has 4 heterocycles. The Kier molecular flexibility index (Phi) is 5.54. The van der Waals surface area contributed by atoms with Gasteiger partial charge in [0.15, 0.2) is 0 Å². The third kappa shape index (κ3) is 3.39. The number of hydrogen-bond acceptors (Lipinski definition) is 10. The summed E-state index contributed by atoms with van der Waals surface area (Å²) in [5.74, 6) is 0.277. The van der Waals surface area contributed by atoms with E-state index in [-0.39, 0.29) is 24.9 Å². The van der Waals surface area contributed by atoms with Gasteiger partial charge in [0.2, 0.25) is 0 Å². The summed E-state index contributed by atoms with van der Waals surface area (Å²) in [5.41, 5.74) is 6.91. The standard InChI is InChI=1S/C14H19BBrN6O5P/c1-23-10-9-7(5-25-28(15,27-9)24-4-2-3-17)26-13(10)22-12-8(21-14(22)16)11(18)19-6-20-12/h6-7,9-10,13,28H,2,4-5,15H2,1H3,(H2,18,19,20)/t7-,9+,10+,13-/m1/s1. The van der Waals surface area contributed by atoms with Crippen molar-refractivity contribution in [2.45, 2.75) is 31.0 Å². The van der Waals surface area contributed by atoms with E-state index in [1.165, 1.54) is 6.33 Å². The third-order valence-electron chi connectivity index (χ3n) is 4.71. The van der Waals surface area contributed by atoms with Gasteiger partial charge >= 0.3 is 170 Å². The molecule has 0 bridgehead atoms. The average molecular weight is 473 g/mol. The Morgan fingerprint density at radius 2 is 2.36 bits per heavy atom. The van der Waals surface area contributed by atoms with Crippen molar-refractivity contribution in [1.82, 2.24) is 19.5 Å². The monoisotopic (exact) mass is 472 g/mol. The third-order valence-corrected chi connectivity index (χ3v) is 7.39. The molecule has 0 aliphatic carbocycles. The summed E-state index contributed by atoms with van der Waals surface area (Å²) in [6, 6.07) is 2.04. The molecule has 4 atom stereocenters. The number of hydrogen-bond donors (Lipinski definition) is 1. The van der Waals surface area contributed by atoms with Crippen molar-refractivity contribution in [2.75, 3.05) is 26.1 Å². The molecule has 2 N–H and O–H groups in total. The van der Waals surface area contributed by atoms with E-state index in [1.54, 1.807) is 19.2 Å². The number of imidazole rings is 1. The number of nitrogen functional groups attached to an aromatic ring is 1. The zero-order valence-corrected chi connectivity index (χ0v) is 17.8. The quantitative estimate of drug-likeness (QED) is 0.282. The van der Waals surface area contributed by atoms with Crippen LogP contribution in [0, 0.1) is 11.3 Å². The van der Waals surface area contributed by atoms with Crippen molar-refractivity contribution in [1.29, 1.82) is 5.26 Å². The molecule has 0 spiro atoms. The van der Waals surface area contributed by atoms with E-state index in [0.29, 0.717) is 22.5 Å². The number of methoxy groups -OCH3 is 1. The van der Waals surface area contributed by atoms with E-state index >= 15 is 0 Å². The summed E-state index contributed by atoms with van der Waals surface area (Å²) in [6.45, 7) is 0.560. The number of halogens is 1. The van der Waals surface area contributed by atoms with E-state index in [1.807, 2.05) is 6.07 Å². The van der Waals surface area contributed by atoms with E-state index in [2.05, 4.69) is 30.9 Å². The zero-order chi connectivity index (χ0) is 19.9. The second-order valence-electron chi connectivity index (χ2n) is 6.46. The van der Waals surface area contributed by atoms with E-state index in [4.69, 9.17) is 34.0 Å². The van der Waals surface area contributed by atoms with Gasteiger partial charge in [0.25, 0.3) is 0 Å². The maximum absolute atomic E-state index is 8.71. The minimum atomic E-state index is -2.90. The molecule has 4 rings (SSSR count). The SMILES string of the molecule is B[PH]1(OCCC#N)OC[C@H]2O[C@@H](n3c(Br)nc4c(N)ncnc43)[C@@H](OC)[C@H]2O1. The van der Waals surface area contributed by atoms with Crippen LogP contribution in [-0.4, -0.2) is 65.7 Å². The van der Waals surface area contributed by atoms with E-state index in [9.17, 15) is 0 Å². The molecule has 2 aromatic heterocycles. The Hall–Kier alpha value is -1.39. The molecular formula is C14H19BBrN6O5P. The van der Waals surface area contributed by atoms with Gasteiger partial charge in [0, 0.05) is 0 Å². The summed E-state index contributed by atoms with van der Waals surface area (Å²) in [5, 5.41) is 8.71. The molecule has 0 unspecified atom stereocenters. The second-order valence-corrected chi connectivity index (χ2v) is 9.71. The van der Waals surface area contributed by atoms with Gasteiger partial charge in [0.05, 0.1) is 0 Å². The zero-order valence-electron chi connectivity index (χ0n) is 15.2. The fraction of sp³-hybridized carbons (Fsp3) is 0.571. The first-order valence-electron chi connectivity index (χ1n) is 8.62. The molecule has 2 aliphatic rings. The van der Waals surface area contributed by atoms with Crippen molar-refractivity contribution in [2.24, 2.45) is 0 Å². The summed E-state index contributed by atoms with van der Waals surface area (Å²) < 4.78 is 31.9. The molecule has 28 heavy (non-hydrogen) atoms. The molecule has 0 amide bonds. The van der Waals surface area contributed by atoms with Gasteiger partial charge in [-0.2, -0.15) is 0 Å². The predicted octanol–water partition coefficient (Wildman–Crippen LogP) is 0.472. The number of nitrogens with two attached hydrogens (primary N) is 1. The molecule has 150 valence electrons. The average Bonchev–Trinajstić information content (AvgIpc) is 3.18. The number of fused-ring (bicyclic) bond motifs is 2. The van der Waals surface area contributed by atoms with Crippen LogP contribution in [-0.2, 0) is 23.0 Å². The Balaban J connectivity index is 1.63. The molecule has 11 nitrogen and oxygen atoms in total. The van der Waals surface area contributed by atoms with Crippen molar-refractivity contribution < 1.29 is 23.0 Å². The van der Waals surface area contributed by atoms with Crippen molar-refractivity contribution in [3.63, 3.8) is 0 Å². The molecule has 2 fully saturated rings. The van der Waals surface area contributed by atoms with Crippen LogP contribution in [0.5, 0.6) is 0 Å². The number of aromatic nitrogens is 4. The topological polar surface area (TPSA) is 140 Å². The van der Waals surface area contributed by atoms with Crippen molar-refractivity contribution in [3.8, 4) is 6.07 Å². The number of ether oxygens (including phenoxy) is 2. The van der Waals surface area contributed by atoms with Gasteiger partial charge in [-0.1, -0.05) is 0 Å².